The van der Waals surface area contributed by atoms with Gasteiger partial charge in [-0.15, -0.1) is 32.9 Å². The number of hydrogen-bond donors (Lipinski definition) is 1. The van der Waals surface area contributed by atoms with E-state index >= 15 is 0 Å². The minimum Gasteiger partial charge on any atom is -0.750 e. The number of nitrogens with zero attached hydrogens (tertiary/aromatic N) is 7. The number of nitrogen functional groups attached to an aromatic ring is 1. The van der Waals surface area contributed by atoms with Gasteiger partial charge in [0, 0.05) is 37.6 Å². The Morgan fingerprint density at radius 2 is 0.922 bits per heavy atom. The average molecular weight is 1510 g/mol. The average Bonchev–Trinajstić information content (AvgIpc) is 1.15. The highest BCUT2D eigenvalue weighted by molar-refractivity contribution is 7.73. The minimum atomic E-state index is -2.88. The van der Waals surface area contributed by atoms with E-state index in [4.69, 9.17) is 58.8 Å². The number of para-hydroxylation sites is 1. The van der Waals surface area contributed by atoms with Gasteiger partial charge in [0.05, 0.1) is 81.5 Å². The molecule has 0 saturated carbocycles. The summed E-state index contributed by atoms with van der Waals surface area (Å²) in [6.45, 7) is 27.0. The summed E-state index contributed by atoms with van der Waals surface area (Å²) in [6, 6.07) is 12.7. The SMILES string of the molecule is CCOC(=O)CC#N.CCOC(=O)CC(C)=O.CCOC(=O)c1sc(N)c(C(=O)OCC)c1C.CCOC(=O)c1sc(N=Nc2cc3c4c(c2)CCCN4CCC3)c(C(=O)OCC)c1C.CCOC(=O)c1sc([N+]#N)c(C(=O)OCC)c1C.O=S([O-])O[O-].S.c1cc2c3c(c1)CCCN3CCC2. The number of carbonyl (C=O) groups is 9. The number of esters is 8. The molecule has 29 nitrogen and oxygen atoms in total. The van der Waals surface area contributed by atoms with Crippen molar-refractivity contribution in [3.05, 3.63) is 106 Å². The fraction of sp³-hybridized carbons (Fsp3) is 0.500. The predicted molar refractivity (Wildman–Crippen MR) is 386 cm³/mol. The van der Waals surface area contributed by atoms with Gasteiger partial charge in [-0.25, -0.2) is 33.0 Å². The number of ether oxygens (including phenoxy) is 8. The maximum atomic E-state index is 12.6. The minimum absolute atomic E-state index is 0. The van der Waals surface area contributed by atoms with Crippen LogP contribution in [0, 0.1) is 37.5 Å². The van der Waals surface area contributed by atoms with Crippen LogP contribution in [0.3, 0.4) is 0 Å². The van der Waals surface area contributed by atoms with Crippen molar-refractivity contribution in [1.82, 2.24) is 0 Å². The fourth-order valence-electron chi connectivity index (χ4n) is 10.5. The lowest BCUT2D eigenvalue weighted by Gasteiger charge is -2.36. The zero-order chi connectivity index (χ0) is 75.3. The summed E-state index contributed by atoms with van der Waals surface area (Å²) in [5, 5.41) is 34.8. The molecule has 3 aromatic heterocycles. The van der Waals surface area contributed by atoms with Crippen LogP contribution in [-0.4, -0.2) is 141 Å². The Balaban J connectivity index is 0.000000434. The number of azo groups is 1. The van der Waals surface area contributed by atoms with E-state index < -0.39 is 59.1 Å². The second-order valence-corrected chi connectivity index (χ2v) is 25.0. The highest BCUT2D eigenvalue weighted by Crippen LogP contribution is 2.42. The van der Waals surface area contributed by atoms with Gasteiger partial charge in [0.1, 0.15) is 43.8 Å². The molecule has 0 bridgehead atoms. The van der Waals surface area contributed by atoms with Crippen molar-refractivity contribution in [2.24, 2.45) is 10.2 Å². The number of nitrogens with two attached hydrogens (primary N) is 1. The lowest BCUT2D eigenvalue weighted by molar-refractivity contribution is -0.635. The number of benzene rings is 2. The van der Waals surface area contributed by atoms with Crippen LogP contribution in [0.25, 0.3) is 4.98 Å². The molecule has 0 spiro atoms. The first kappa shape index (κ1) is 89.3. The summed E-state index contributed by atoms with van der Waals surface area (Å²) in [5.74, 6) is -4.14. The number of Topliss-reactive ketones (excluding diaryl/α,β-unsaturated/α-hetero) is 1. The van der Waals surface area contributed by atoms with Crippen LogP contribution in [0.5, 0.6) is 0 Å². The Morgan fingerprint density at radius 1 is 0.559 bits per heavy atom. The molecule has 1 atom stereocenters. The molecule has 4 aliphatic rings. The van der Waals surface area contributed by atoms with E-state index in [2.05, 4.69) is 69.1 Å². The maximum absolute atomic E-state index is 12.6. The molecule has 4 aliphatic heterocycles. The number of rotatable bonds is 20. The van der Waals surface area contributed by atoms with Crippen molar-refractivity contribution in [1.29, 1.82) is 10.7 Å². The van der Waals surface area contributed by atoms with Crippen molar-refractivity contribution in [2.75, 3.05) is 94.6 Å². The number of hydrogen-bond acceptors (Lipinski definition) is 31. The van der Waals surface area contributed by atoms with Crippen LogP contribution in [0.2, 0.25) is 0 Å². The third-order valence-electron chi connectivity index (χ3n) is 14.5. The second-order valence-electron chi connectivity index (χ2n) is 21.4. The maximum Gasteiger partial charge on any atom is 0.456 e. The topological polar surface area (TPSA) is 409 Å². The molecule has 34 heteroatoms. The second kappa shape index (κ2) is 47.4. The molecule has 2 aromatic carbocycles. The van der Waals surface area contributed by atoms with Crippen LogP contribution in [0.15, 0.2) is 40.6 Å². The van der Waals surface area contributed by atoms with Crippen LogP contribution >= 0.6 is 47.5 Å². The van der Waals surface area contributed by atoms with Gasteiger partial charge >= 0.3 is 52.8 Å². The number of ketones is 1. The molecule has 2 N–H and O–H groups in total. The molecular weight excluding hydrogens is 1430 g/mol. The molecule has 0 amide bonds. The number of aryl methyl sites for hydroxylation is 4. The van der Waals surface area contributed by atoms with Gasteiger partial charge in [-0.05, 0) is 197 Å². The highest BCUT2D eigenvalue weighted by atomic mass is 32.2. The summed E-state index contributed by atoms with van der Waals surface area (Å²) >= 11 is 0.178. The van der Waals surface area contributed by atoms with E-state index in [-0.39, 0.29) is 103 Å². The number of anilines is 3. The molecular formula is C68H89N8O21S5-. The Morgan fingerprint density at radius 3 is 1.33 bits per heavy atom. The third kappa shape index (κ3) is 27.2. The summed E-state index contributed by atoms with van der Waals surface area (Å²) in [7, 11) is 0. The molecule has 0 radical (unpaired) electrons. The molecule has 558 valence electrons. The smallest absolute Gasteiger partial charge is 0.456 e. The van der Waals surface area contributed by atoms with Gasteiger partial charge in [0.2, 0.25) is 5.39 Å². The van der Waals surface area contributed by atoms with Crippen molar-refractivity contribution >= 4 is 144 Å². The van der Waals surface area contributed by atoms with E-state index in [1.54, 1.807) is 99.0 Å². The zero-order valence-electron chi connectivity index (χ0n) is 59.4. The molecule has 9 rings (SSSR count). The lowest BCUT2D eigenvalue weighted by atomic mass is 9.91. The van der Waals surface area contributed by atoms with Crippen LogP contribution in [-0.2, 0) is 93.7 Å². The van der Waals surface area contributed by atoms with Crippen molar-refractivity contribution in [3.8, 4) is 6.07 Å². The number of diazo groups is 1. The predicted octanol–water partition coefficient (Wildman–Crippen LogP) is 12.0. The van der Waals surface area contributed by atoms with E-state index in [9.17, 15) is 43.2 Å². The van der Waals surface area contributed by atoms with Crippen LogP contribution in [0.1, 0.15) is 200 Å². The van der Waals surface area contributed by atoms with Gasteiger partial charge in [-0.3, -0.25) is 14.4 Å². The number of nitriles is 1. The van der Waals surface area contributed by atoms with Gasteiger partial charge < -0.3 is 67.6 Å². The van der Waals surface area contributed by atoms with Gasteiger partial charge in [0.25, 0.3) is 0 Å². The zero-order valence-corrected chi connectivity index (χ0v) is 63.6. The Labute approximate surface area is 614 Å². The summed E-state index contributed by atoms with van der Waals surface area (Å²) < 4.78 is 58.8. The first-order valence-electron chi connectivity index (χ1n) is 32.6. The Hall–Kier alpha value is -8.74. The fourth-order valence-corrected chi connectivity index (χ4v) is 13.5. The summed E-state index contributed by atoms with van der Waals surface area (Å²) in [4.78, 5) is 111. The lowest BCUT2D eigenvalue weighted by Crippen LogP contribution is -2.34. The standard InChI is InChI=1S/C23H27N3O4S.C12H15N.C11H13N2O4S.C11H15NO4S.C6H10O3.C5H7NO2.H2O4S.H2S/c1-4-29-22(27)18-14(3)20(23(28)30-5-2)31-21(18)25-24-17-12-15-8-6-10-26-11-7-9-16(13-17)19(15)26;1-4-10-6-2-8-13-9-3-7-11(5-1)12(10)13;1-4-16-10(14)7-6(3)8(11(15)17-5-2)18-9(7)13-12;1-4-15-10(13)7-6(3)8(17-9(7)12)11(14)16-5-2;1-3-9-6(8)4-5(2)7;1-2-8-5(7)3-4-6;1-4-5(2)3;/h12-13H,4-11H2,1-3H3;1,4-5H,2-3,6-9H2;4-5H2,1-3H3;4-5,12H2,1-3H3;3-4H2,1-2H3;2-3H2,1H3;1H,(H,2,3);1H2/q;;+1;;;;;/p-2. The van der Waals surface area contributed by atoms with E-state index in [0.29, 0.717) is 44.7 Å². The largest absolute Gasteiger partial charge is 0.750 e. The third-order valence-corrected chi connectivity index (χ3v) is 18.0. The van der Waals surface area contributed by atoms with Gasteiger partial charge in [-0.1, -0.05) is 18.2 Å². The van der Waals surface area contributed by atoms with Crippen molar-refractivity contribution in [2.45, 2.75) is 147 Å². The van der Waals surface area contributed by atoms with Gasteiger partial charge in [0.15, 0.2) is 15.5 Å². The molecule has 7 heterocycles. The number of thiophene rings is 3. The first-order chi connectivity index (χ1) is 48.3. The molecule has 0 aliphatic carbocycles. The van der Waals surface area contributed by atoms with Crippen molar-refractivity contribution < 1.29 is 99.4 Å². The van der Waals surface area contributed by atoms with Crippen LogP contribution < -0.4 is 20.8 Å². The van der Waals surface area contributed by atoms with Crippen molar-refractivity contribution in [3.63, 3.8) is 0 Å². The highest BCUT2D eigenvalue weighted by Gasteiger charge is 2.34. The molecule has 102 heavy (non-hydrogen) atoms. The van der Waals surface area contributed by atoms with E-state index in [1.807, 2.05) is 0 Å². The van der Waals surface area contributed by atoms with E-state index in [0.717, 1.165) is 78.5 Å². The summed E-state index contributed by atoms with van der Waals surface area (Å²) in [6.07, 6.45) is 9.40. The Kier molecular flexibility index (Phi) is 41.6. The quantitative estimate of drug-likeness (QED) is 0.0110. The van der Waals surface area contributed by atoms with E-state index in [1.165, 1.54) is 62.5 Å². The normalized spacial score (nSPS) is 12.6. The Bertz CT molecular complexity index is 3760. The van der Waals surface area contributed by atoms with Gasteiger partial charge in [-0.2, -0.15) is 18.8 Å². The van der Waals surface area contributed by atoms with Crippen LogP contribution in [0.4, 0.5) is 32.1 Å². The molecule has 5 aromatic rings. The molecule has 0 fully saturated rings. The molecule has 1 unspecified atom stereocenters. The molecule has 0 saturated heterocycles. The first-order valence-corrected chi connectivity index (χ1v) is 36.0. The number of carbonyl (C=O) groups excluding carboxylic acids is 9. The monoisotopic (exact) mass is 1510 g/mol. The summed E-state index contributed by atoms with van der Waals surface area (Å²) in [5.41, 5.74) is 17.4.